The van der Waals surface area contributed by atoms with Crippen molar-refractivity contribution in [3.63, 3.8) is 0 Å². The summed E-state index contributed by atoms with van der Waals surface area (Å²) in [7, 11) is 0. The van der Waals surface area contributed by atoms with E-state index in [0.717, 1.165) is 9.13 Å². The second-order valence-corrected chi connectivity index (χ2v) is 3.78. The molecule has 0 spiro atoms. The van der Waals surface area contributed by atoms with Crippen LogP contribution in [0.25, 0.3) is 5.03 Å². The molecule has 0 aromatic heterocycles. The summed E-state index contributed by atoms with van der Waals surface area (Å²) < 4.78 is 1.11. The molecule has 0 aliphatic heterocycles. The number of benzene rings is 1. The van der Waals surface area contributed by atoms with Crippen LogP contribution < -0.4 is 0 Å². The highest BCUT2D eigenvalue weighted by molar-refractivity contribution is 14.1. The van der Waals surface area contributed by atoms with Gasteiger partial charge < -0.3 is 0 Å². The van der Waals surface area contributed by atoms with E-state index in [1.54, 1.807) is 0 Å². The van der Waals surface area contributed by atoms with E-state index in [2.05, 4.69) is 22.6 Å². The van der Waals surface area contributed by atoms with Crippen LogP contribution in [-0.2, 0) is 0 Å². The fourth-order valence-corrected chi connectivity index (χ4v) is 1.49. The van der Waals surface area contributed by atoms with Crippen molar-refractivity contribution in [3.05, 3.63) is 39.5 Å². The number of rotatable bonds is 1. The minimum atomic E-state index is 0.482. The Morgan fingerprint density at radius 3 is 2.92 bits per heavy atom. The molecule has 3 heteroatoms. The van der Waals surface area contributed by atoms with Crippen LogP contribution in [0.2, 0.25) is 0 Å². The van der Waals surface area contributed by atoms with Gasteiger partial charge in [0.25, 0.3) is 0 Å². The van der Waals surface area contributed by atoms with Crippen LogP contribution in [0.5, 0.6) is 0 Å². The minimum absolute atomic E-state index is 0.482. The zero-order valence-corrected chi connectivity index (χ0v) is 9.00. The molecule has 0 heterocycles. The molecule has 60 valence electrons. The highest BCUT2D eigenvalue weighted by Gasteiger charge is 1.96. The van der Waals surface area contributed by atoms with Crippen LogP contribution in [0.3, 0.4) is 0 Å². The third-order valence-electron chi connectivity index (χ3n) is 1.29. The topological polar surface area (TPSA) is 23.8 Å². The maximum absolute atomic E-state index is 8.35. The number of nitrogens with zero attached hydrogens (tertiary/aromatic N) is 1. The van der Waals surface area contributed by atoms with Gasteiger partial charge in [0.2, 0.25) is 0 Å². The molecule has 0 aliphatic rings. The molecule has 0 saturated heterocycles. The first-order valence-electron chi connectivity index (χ1n) is 3.25. The number of nitriles is 1. The van der Waals surface area contributed by atoms with Crippen LogP contribution in [0.15, 0.2) is 30.3 Å². The predicted molar refractivity (Wildman–Crippen MR) is 58.6 cm³/mol. The Hall–Kier alpha value is -0.530. The van der Waals surface area contributed by atoms with E-state index in [1.807, 2.05) is 30.3 Å². The summed E-state index contributed by atoms with van der Waals surface area (Å²) in [4.78, 5) is 0. The first kappa shape index (κ1) is 9.56. The molecule has 0 atom stereocenters. The van der Waals surface area contributed by atoms with E-state index in [0.29, 0.717) is 5.03 Å². The van der Waals surface area contributed by atoms with Crippen molar-refractivity contribution in [1.82, 2.24) is 0 Å². The van der Waals surface area contributed by atoms with E-state index < -0.39 is 0 Å². The Kier molecular flexibility index (Phi) is 3.57. The highest BCUT2D eigenvalue weighted by atomic mass is 127. The summed E-state index contributed by atoms with van der Waals surface area (Å²) in [5.41, 5.74) is 0.880. The van der Waals surface area contributed by atoms with Crippen molar-refractivity contribution < 1.29 is 0 Å². The van der Waals surface area contributed by atoms with Crippen LogP contribution in [0.1, 0.15) is 5.56 Å². The van der Waals surface area contributed by atoms with Gasteiger partial charge in [-0.15, -0.1) is 0 Å². The Balaban J connectivity index is 3.05. The number of hydrogen-bond acceptors (Lipinski definition) is 1. The first-order chi connectivity index (χ1) is 5.74. The molecule has 0 saturated carbocycles. The Morgan fingerprint density at radius 1 is 1.58 bits per heavy atom. The lowest BCUT2D eigenvalue weighted by molar-refractivity contribution is 1.53. The minimum Gasteiger partial charge on any atom is -0.193 e. The van der Waals surface area contributed by atoms with Gasteiger partial charge in [0.05, 0.1) is 11.1 Å². The maximum atomic E-state index is 8.35. The third kappa shape index (κ3) is 2.50. The van der Waals surface area contributed by atoms with Crippen LogP contribution in [0, 0.1) is 14.9 Å². The molecule has 0 bridgehead atoms. The van der Waals surface area contributed by atoms with Crippen molar-refractivity contribution in [2.24, 2.45) is 0 Å². The largest absolute Gasteiger partial charge is 0.193 e. The Labute approximate surface area is 89.8 Å². The van der Waals surface area contributed by atoms with Gasteiger partial charge in [-0.2, -0.15) is 5.26 Å². The average Bonchev–Trinajstić information content (AvgIpc) is 2.05. The molecular weight excluding hydrogens is 284 g/mol. The standard InChI is InChI=1S/C9H5ClIN/c10-9(4-5-12)7-2-1-3-8(11)6-7/h1-4,6H/b9-4+. The molecule has 1 nitrogen and oxygen atoms in total. The monoisotopic (exact) mass is 289 g/mol. The summed E-state index contributed by atoms with van der Waals surface area (Å²) in [6.07, 6.45) is 1.33. The lowest BCUT2D eigenvalue weighted by Crippen LogP contribution is -1.77. The molecule has 1 aromatic carbocycles. The van der Waals surface area contributed by atoms with Gasteiger partial charge in [0, 0.05) is 9.65 Å². The van der Waals surface area contributed by atoms with Crippen molar-refractivity contribution in [3.8, 4) is 6.07 Å². The van der Waals surface area contributed by atoms with E-state index >= 15 is 0 Å². The zero-order valence-electron chi connectivity index (χ0n) is 6.09. The van der Waals surface area contributed by atoms with Gasteiger partial charge in [-0.05, 0) is 40.3 Å². The Bertz CT molecular complexity index is 352. The van der Waals surface area contributed by atoms with Crippen LogP contribution in [0.4, 0.5) is 0 Å². The van der Waals surface area contributed by atoms with Gasteiger partial charge >= 0.3 is 0 Å². The second-order valence-electron chi connectivity index (χ2n) is 2.13. The van der Waals surface area contributed by atoms with Gasteiger partial charge in [-0.25, -0.2) is 0 Å². The summed E-state index contributed by atoms with van der Waals surface area (Å²) in [6.45, 7) is 0. The number of allylic oxidation sites excluding steroid dienone is 1. The number of halogens is 2. The quantitative estimate of drug-likeness (QED) is 0.574. The average molecular weight is 290 g/mol. The summed E-state index contributed by atoms with van der Waals surface area (Å²) in [6, 6.07) is 9.57. The smallest absolute Gasteiger partial charge is 0.0927 e. The third-order valence-corrected chi connectivity index (χ3v) is 2.29. The lowest BCUT2D eigenvalue weighted by Gasteiger charge is -1.97. The fourth-order valence-electron chi connectivity index (χ4n) is 0.777. The van der Waals surface area contributed by atoms with Gasteiger partial charge in [-0.1, -0.05) is 23.7 Å². The normalized spacial score (nSPS) is 10.9. The molecule has 12 heavy (non-hydrogen) atoms. The van der Waals surface area contributed by atoms with E-state index in [-0.39, 0.29) is 0 Å². The molecule has 1 aromatic rings. The second kappa shape index (κ2) is 4.48. The summed E-state index contributed by atoms with van der Waals surface area (Å²) in [5.74, 6) is 0. The van der Waals surface area contributed by atoms with E-state index in [9.17, 15) is 0 Å². The van der Waals surface area contributed by atoms with Gasteiger partial charge in [-0.3, -0.25) is 0 Å². The molecule has 0 aliphatic carbocycles. The van der Waals surface area contributed by atoms with Gasteiger partial charge in [0.1, 0.15) is 0 Å². The molecule has 0 N–H and O–H groups in total. The summed E-state index contributed by atoms with van der Waals surface area (Å²) >= 11 is 8.01. The zero-order chi connectivity index (χ0) is 8.97. The highest BCUT2D eigenvalue weighted by Crippen LogP contribution is 2.19. The van der Waals surface area contributed by atoms with Crippen molar-refractivity contribution in [2.45, 2.75) is 0 Å². The van der Waals surface area contributed by atoms with Crippen molar-refractivity contribution in [2.75, 3.05) is 0 Å². The van der Waals surface area contributed by atoms with Crippen molar-refractivity contribution in [1.29, 1.82) is 5.26 Å². The summed E-state index contributed by atoms with van der Waals surface area (Å²) in [5, 5.41) is 8.84. The lowest BCUT2D eigenvalue weighted by atomic mass is 10.2. The molecule has 1 rings (SSSR count). The molecular formula is C9H5ClIN. The molecule has 0 unspecified atom stereocenters. The first-order valence-corrected chi connectivity index (χ1v) is 4.71. The van der Waals surface area contributed by atoms with E-state index in [4.69, 9.17) is 16.9 Å². The van der Waals surface area contributed by atoms with Crippen molar-refractivity contribution >= 4 is 39.2 Å². The van der Waals surface area contributed by atoms with Crippen LogP contribution in [-0.4, -0.2) is 0 Å². The number of hydrogen-bond donors (Lipinski definition) is 0. The Morgan fingerprint density at radius 2 is 2.33 bits per heavy atom. The molecule has 0 fully saturated rings. The fraction of sp³-hybridized carbons (Fsp3) is 0. The predicted octanol–water partition coefficient (Wildman–Crippen LogP) is 3.39. The van der Waals surface area contributed by atoms with Gasteiger partial charge in [0.15, 0.2) is 0 Å². The molecule has 0 radical (unpaired) electrons. The van der Waals surface area contributed by atoms with E-state index in [1.165, 1.54) is 6.08 Å². The van der Waals surface area contributed by atoms with Crippen LogP contribution >= 0.6 is 34.2 Å². The SMILES string of the molecule is N#C/C=C(/Cl)c1cccc(I)c1. The molecule has 0 amide bonds. The maximum Gasteiger partial charge on any atom is 0.0927 e.